The van der Waals surface area contributed by atoms with Crippen molar-refractivity contribution in [3.05, 3.63) is 54.1 Å². The van der Waals surface area contributed by atoms with Crippen molar-refractivity contribution in [2.45, 2.75) is 43.9 Å². The second kappa shape index (κ2) is 11.9. The molecule has 1 amide bonds. The first-order valence-electron chi connectivity index (χ1n) is 11.1. The predicted octanol–water partition coefficient (Wildman–Crippen LogP) is 3.52. The summed E-state index contributed by atoms with van der Waals surface area (Å²) in [6.07, 6.45) is 3.91. The molecule has 1 aliphatic heterocycles. The number of benzene rings is 2. The number of nitrogens with zero attached hydrogens (tertiary/aromatic N) is 1. The highest BCUT2D eigenvalue weighted by Gasteiger charge is 2.25. The van der Waals surface area contributed by atoms with Crippen LogP contribution in [0.1, 0.15) is 37.7 Å². The number of amides is 1. The number of hydrogen-bond donors (Lipinski definition) is 1. The zero-order chi connectivity index (χ0) is 22.8. The van der Waals surface area contributed by atoms with Crippen LogP contribution in [0.2, 0.25) is 0 Å². The van der Waals surface area contributed by atoms with Crippen molar-refractivity contribution in [3.8, 4) is 11.5 Å². The summed E-state index contributed by atoms with van der Waals surface area (Å²) in [5.41, 5.74) is 1.18. The summed E-state index contributed by atoms with van der Waals surface area (Å²) in [6.45, 7) is 4.36. The van der Waals surface area contributed by atoms with Crippen molar-refractivity contribution in [2.75, 3.05) is 32.8 Å². The molecule has 2 aromatic rings. The minimum absolute atomic E-state index is 0.0518. The van der Waals surface area contributed by atoms with Gasteiger partial charge >= 0.3 is 0 Å². The average Bonchev–Trinajstić information content (AvgIpc) is 2.81. The van der Waals surface area contributed by atoms with Crippen LogP contribution in [0, 0.1) is 6.92 Å². The molecule has 2 aromatic carbocycles. The van der Waals surface area contributed by atoms with Gasteiger partial charge in [0, 0.05) is 19.5 Å². The number of carbonyl (C=O) groups excluding carboxylic acids is 1. The van der Waals surface area contributed by atoms with Gasteiger partial charge in [0.05, 0.1) is 18.0 Å². The Morgan fingerprint density at radius 2 is 1.50 bits per heavy atom. The zero-order valence-electron chi connectivity index (χ0n) is 18.6. The highest BCUT2D eigenvalue weighted by Crippen LogP contribution is 2.22. The maximum absolute atomic E-state index is 12.7. The molecule has 8 heteroatoms. The molecule has 174 valence electrons. The number of nitrogens with one attached hydrogen (secondary N) is 1. The molecule has 0 aliphatic carbocycles. The van der Waals surface area contributed by atoms with Crippen molar-refractivity contribution in [1.29, 1.82) is 0 Å². The standard InChI is InChI=1S/C24H32N2O5S/c1-20-7-9-21(10-8-20)30-18-5-6-24(27)25-15-19-31-22-11-13-23(14-12-22)32(28,29)26-16-3-2-4-17-26/h7-14H,2-6,15-19H2,1H3,(H,25,27). The van der Waals surface area contributed by atoms with E-state index < -0.39 is 10.0 Å². The summed E-state index contributed by atoms with van der Waals surface area (Å²) in [4.78, 5) is 12.2. The van der Waals surface area contributed by atoms with Crippen LogP contribution in [-0.2, 0) is 14.8 Å². The second-order valence-corrected chi connectivity index (χ2v) is 9.84. The van der Waals surface area contributed by atoms with Crippen molar-refractivity contribution in [2.24, 2.45) is 0 Å². The minimum Gasteiger partial charge on any atom is -0.494 e. The average molecular weight is 461 g/mol. The lowest BCUT2D eigenvalue weighted by molar-refractivity contribution is -0.121. The smallest absolute Gasteiger partial charge is 0.243 e. The highest BCUT2D eigenvalue weighted by atomic mass is 32.2. The Labute approximate surface area is 190 Å². The Bertz CT molecular complexity index is 953. The molecule has 0 aromatic heterocycles. The third-order valence-corrected chi connectivity index (χ3v) is 7.22. The van der Waals surface area contributed by atoms with E-state index in [0.29, 0.717) is 51.4 Å². The minimum atomic E-state index is -3.44. The van der Waals surface area contributed by atoms with Gasteiger partial charge in [-0.1, -0.05) is 24.1 Å². The molecule has 0 spiro atoms. The second-order valence-electron chi connectivity index (χ2n) is 7.90. The Kier molecular flexibility index (Phi) is 8.93. The fraction of sp³-hybridized carbons (Fsp3) is 0.458. The van der Waals surface area contributed by atoms with Gasteiger partial charge in [-0.05, 0) is 62.6 Å². The van der Waals surface area contributed by atoms with Crippen molar-refractivity contribution in [3.63, 3.8) is 0 Å². The number of ether oxygens (including phenoxy) is 2. The van der Waals surface area contributed by atoms with Crippen molar-refractivity contribution in [1.82, 2.24) is 9.62 Å². The first-order valence-corrected chi connectivity index (χ1v) is 12.6. The Morgan fingerprint density at radius 1 is 0.906 bits per heavy atom. The van der Waals surface area contributed by atoms with Crippen molar-refractivity contribution >= 4 is 15.9 Å². The summed E-state index contributed by atoms with van der Waals surface area (Å²) >= 11 is 0. The van der Waals surface area contributed by atoms with Gasteiger partial charge in [0.2, 0.25) is 15.9 Å². The molecular formula is C24H32N2O5S. The third kappa shape index (κ3) is 7.24. The van der Waals surface area contributed by atoms with E-state index in [0.717, 1.165) is 25.0 Å². The maximum atomic E-state index is 12.7. The van der Waals surface area contributed by atoms with E-state index >= 15 is 0 Å². The molecule has 32 heavy (non-hydrogen) atoms. The van der Waals surface area contributed by atoms with Crippen LogP contribution in [0.4, 0.5) is 0 Å². The molecule has 0 bridgehead atoms. The van der Waals surface area contributed by atoms with Gasteiger partial charge in [0.1, 0.15) is 18.1 Å². The fourth-order valence-corrected chi connectivity index (χ4v) is 4.98. The van der Waals surface area contributed by atoms with E-state index in [1.54, 1.807) is 28.6 Å². The number of piperidine rings is 1. The van der Waals surface area contributed by atoms with Crippen LogP contribution in [0.25, 0.3) is 0 Å². The Hall–Kier alpha value is -2.58. The number of sulfonamides is 1. The molecule has 0 unspecified atom stereocenters. The van der Waals surface area contributed by atoms with E-state index in [-0.39, 0.29) is 10.8 Å². The van der Waals surface area contributed by atoms with Crippen LogP contribution < -0.4 is 14.8 Å². The quantitative estimate of drug-likeness (QED) is 0.519. The number of carbonyl (C=O) groups is 1. The maximum Gasteiger partial charge on any atom is 0.243 e. The third-order valence-electron chi connectivity index (χ3n) is 5.31. The SMILES string of the molecule is Cc1ccc(OCCCC(=O)NCCOc2ccc(S(=O)(=O)N3CCCCC3)cc2)cc1. The van der Waals surface area contributed by atoms with E-state index in [1.165, 1.54) is 5.56 Å². The van der Waals surface area contributed by atoms with Crippen LogP contribution >= 0.6 is 0 Å². The fourth-order valence-electron chi connectivity index (χ4n) is 3.47. The van der Waals surface area contributed by atoms with Crippen molar-refractivity contribution < 1.29 is 22.7 Å². The molecule has 0 atom stereocenters. The van der Waals surface area contributed by atoms with E-state index in [9.17, 15) is 13.2 Å². The van der Waals surface area contributed by atoms with Gasteiger partial charge in [-0.3, -0.25) is 4.79 Å². The molecule has 1 aliphatic rings. The number of rotatable bonds is 11. The van der Waals surface area contributed by atoms with Crippen LogP contribution in [0.3, 0.4) is 0 Å². The molecule has 1 saturated heterocycles. The molecule has 1 heterocycles. The Morgan fingerprint density at radius 3 is 2.16 bits per heavy atom. The van der Waals surface area contributed by atoms with Gasteiger partial charge in [0.15, 0.2) is 0 Å². The topological polar surface area (TPSA) is 84.9 Å². The zero-order valence-corrected chi connectivity index (χ0v) is 19.4. The summed E-state index contributed by atoms with van der Waals surface area (Å²) in [5, 5.41) is 2.82. The predicted molar refractivity (Wildman–Crippen MR) is 123 cm³/mol. The van der Waals surface area contributed by atoms with Gasteiger partial charge < -0.3 is 14.8 Å². The summed E-state index contributed by atoms with van der Waals surface area (Å²) in [6, 6.07) is 14.3. The Balaban J connectivity index is 1.31. The van der Waals surface area contributed by atoms with E-state index in [1.807, 2.05) is 31.2 Å². The molecule has 7 nitrogen and oxygen atoms in total. The van der Waals surface area contributed by atoms with E-state index in [2.05, 4.69) is 5.32 Å². The lowest BCUT2D eigenvalue weighted by Crippen LogP contribution is -2.35. The lowest BCUT2D eigenvalue weighted by atomic mass is 10.2. The molecule has 3 rings (SSSR count). The molecule has 0 radical (unpaired) electrons. The monoisotopic (exact) mass is 460 g/mol. The normalized spacial score (nSPS) is 14.7. The van der Waals surface area contributed by atoms with Gasteiger partial charge in [-0.25, -0.2) is 8.42 Å². The van der Waals surface area contributed by atoms with Crippen LogP contribution in [0.5, 0.6) is 11.5 Å². The highest BCUT2D eigenvalue weighted by molar-refractivity contribution is 7.89. The number of hydrogen-bond acceptors (Lipinski definition) is 5. The summed E-state index contributed by atoms with van der Waals surface area (Å²) < 4.78 is 38.1. The largest absolute Gasteiger partial charge is 0.494 e. The molecule has 0 saturated carbocycles. The first kappa shape index (κ1) is 24.1. The molecular weight excluding hydrogens is 428 g/mol. The van der Waals surface area contributed by atoms with Gasteiger partial charge in [-0.15, -0.1) is 0 Å². The van der Waals surface area contributed by atoms with Gasteiger partial charge in [-0.2, -0.15) is 4.31 Å². The van der Waals surface area contributed by atoms with Crippen LogP contribution in [0.15, 0.2) is 53.4 Å². The lowest BCUT2D eigenvalue weighted by Gasteiger charge is -2.25. The first-order chi connectivity index (χ1) is 15.4. The molecule has 1 N–H and O–H groups in total. The summed E-state index contributed by atoms with van der Waals surface area (Å²) in [5.74, 6) is 1.33. The van der Waals surface area contributed by atoms with Gasteiger partial charge in [0.25, 0.3) is 0 Å². The molecule has 1 fully saturated rings. The summed E-state index contributed by atoms with van der Waals surface area (Å²) in [7, 11) is -3.44. The van der Waals surface area contributed by atoms with E-state index in [4.69, 9.17) is 9.47 Å². The number of aryl methyl sites for hydroxylation is 1. The van der Waals surface area contributed by atoms with Crippen LogP contribution in [-0.4, -0.2) is 51.5 Å².